The van der Waals surface area contributed by atoms with E-state index in [-0.39, 0.29) is 43.8 Å². The van der Waals surface area contributed by atoms with Crippen LogP contribution in [0.5, 0.6) is 0 Å². The minimum atomic E-state index is -0.956. The van der Waals surface area contributed by atoms with Crippen molar-refractivity contribution in [3.8, 4) is 0 Å². The molecule has 7 nitrogen and oxygen atoms in total. The van der Waals surface area contributed by atoms with Gasteiger partial charge in [0.2, 0.25) is 11.8 Å². The van der Waals surface area contributed by atoms with Crippen LogP contribution in [0.15, 0.2) is 30.0 Å². The molecule has 9 heteroatoms. The van der Waals surface area contributed by atoms with Gasteiger partial charge < -0.3 is 19.7 Å². The van der Waals surface area contributed by atoms with E-state index in [4.69, 9.17) is 32.7 Å². The summed E-state index contributed by atoms with van der Waals surface area (Å²) in [7, 11) is 1.61. The van der Waals surface area contributed by atoms with Crippen LogP contribution in [-0.4, -0.2) is 49.6 Å². The summed E-state index contributed by atoms with van der Waals surface area (Å²) in [4.78, 5) is 41.2. The molecule has 1 aliphatic carbocycles. The molecule has 1 aromatic rings. The van der Waals surface area contributed by atoms with Crippen molar-refractivity contribution in [3.63, 3.8) is 0 Å². The van der Waals surface area contributed by atoms with Crippen molar-refractivity contribution in [2.45, 2.75) is 52.0 Å². The average molecular weight is 511 g/mol. The number of piperidine rings is 1. The number of nitrogens with zero attached hydrogens (tertiary/aromatic N) is 1. The van der Waals surface area contributed by atoms with E-state index in [0.717, 1.165) is 12.8 Å². The third-order valence-electron chi connectivity index (χ3n) is 6.43. The van der Waals surface area contributed by atoms with E-state index in [2.05, 4.69) is 5.32 Å². The molecule has 2 aliphatic rings. The number of nitrogens with one attached hydrogen (secondary N) is 1. The largest absolute Gasteiger partial charge is 0.465 e. The molecule has 1 heterocycles. The van der Waals surface area contributed by atoms with Crippen LogP contribution in [0, 0.1) is 11.3 Å². The molecule has 1 saturated heterocycles. The zero-order valence-electron chi connectivity index (χ0n) is 19.7. The maximum absolute atomic E-state index is 13.7. The smallest absolute Gasteiger partial charge is 0.318 e. The number of carbonyl (C=O) groups is 3. The first kappa shape index (κ1) is 26.5. The number of fused-ring (bicyclic) bond motifs is 1. The molecule has 0 radical (unpaired) electrons. The molecule has 1 aromatic carbocycles. The fourth-order valence-corrected chi connectivity index (χ4v) is 5.30. The number of benzene rings is 1. The summed E-state index contributed by atoms with van der Waals surface area (Å²) in [6.45, 7) is 3.21. The fourth-order valence-electron chi connectivity index (χ4n) is 4.83. The minimum absolute atomic E-state index is 0.00506. The van der Waals surface area contributed by atoms with Gasteiger partial charge in [0.1, 0.15) is 5.41 Å². The summed E-state index contributed by atoms with van der Waals surface area (Å²) in [5.74, 6) is -1.40. The Labute approximate surface area is 210 Å². The van der Waals surface area contributed by atoms with Gasteiger partial charge in [-0.15, -0.1) is 0 Å². The Morgan fingerprint density at radius 1 is 1.29 bits per heavy atom. The number of halogens is 2. The molecule has 0 spiro atoms. The maximum atomic E-state index is 13.7. The van der Waals surface area contributed by atoms with Gasteiger partial charge in [-0.2, -0.15) is 0 Å². The third-order valence-corrected chi connectivity index (χ3v) is 7.01. The fraction of sp³-hybridized carbons (Fsp3) is 0.560. The topological polar surface area (TPSA) is 84.9 Å². The first-order valence-electron chi connectivity index (χ1n) is 11.7. The summed E-state index contributed by atoms with van der Waals surface area (Å²) in [6.07, 6.45) is 5.05. The van der Waals surface area contributed by atoms with Crippen molar-refractivity contribution in [3.05, 3.63) is 45.6 Å². The molecule has 1 fully saturated rings. The molecule has 0 bridgehead atoms. The molecule has 2 amide bonds. The molecular formula is C25H32Cl2N2O5. The van der Waals surface area contributed by atoms with Crippen LogP contribution in [-0.2, 0) is 30.4 Å². The highest BCUT2D eigenvalue weighted by molar-refractivity contribution is 6.35. The Morgan fingerprint density at radius 3 is 2.79 bits per heavy atom. The zero-order valence-corrected chi connectivity index (χ0v) is 21.2. The summed E-state index contributed by atoms with van der Waals surface area (Å²) in [6, 6.07) is 5.13. The highest BCUT2D eigenvalue weighted by Gasteiger charge is 2.54. The lowest BCUT2D eigenvalue weighted by Gasteiger charge is -2.48. The lowest BCUT2D eigenvalue weighted by molar-refractivity contribution is -0.162. The zero-order chi connectivity index (χ0) is 24.7. The average Bonchev–Trinajstić information content (AvgIpc) is 2.81. The van der Waals surface area contributed by atoms with Crippen molar-refractivity contribution >= 4 is 41.0 Å². The van der Waals surface area contributed by atoms with Gasteiger partial charge in [0.25, 0.3) is 0 Å². The van der Waals surface area contributed by atoms with Crippen LogP contribution in [0.2, 0.25) is 10.0 Å². The summed E-state index contributed by atoms with van der Waals surface area (Å²) < 4.78 is 10.5. The number of hydrogen-bond donors (Lipinski definition) is 1. The van der Waals surface area contributed by atoms with E-state index in [1.807, 2.05) is 6.08 Å². The number of ether oxygens (including phenoxy) is 2. The minimum Gasteiger partial charge on any atom is -0.465 e. The SMILES string of the molecule is CCOC(=O)[C@]12CCCC=C1N(Cc1ccc(Cl)cc1Cl)C(=O)[C@H](CC(=O)NCCCOC)C2. The van der Waals surface area contributed by atoms with E-state index < -0.39 is 11.3 Å². The second-order valence-corrected chi connectivity index (χ2v) is 9.59. The number of rotatable bonds is 10. The van der Waals surface area contributed by atoms with Gasteiger partial charge in [-0.25, -0.2) is 0 Å². The van der Waals surface area contributed by atoms with E-state index in [1.165, 1.54) is 0 Å². The highest BCUT2D eigenvalue weighted by atomic mass is 35.5. The van der Waals surface area contributed by atoms with Crippen LogP contribution in [0.4, 0.5) is 0 Å². The van der Waals surface area contributed by atoms with E-state index in [0.29, 0.717) is 47.3 Å². The van der Waals surface area contributed by atoms with E-state index in [9.17, 15) is 14.4 Å². The summed E-state index contributed by atoms with van der Waals surface area (Å²) in [5, 5.41) is 3.79. The highest BCUT2D eigenvalue weighted by Crippen LogP contribution is 2.50. The molecule has 0 aromatic heterocycles. The molecule has 1 aliphatic heterocycles. The van der Waals surface area contributed by atoms with Crippen LogP contribution in [0.1, 0.15) is 51.0 Å². The predicted molar refractivity (Wildman–Crippen MR) is 130 cm³/mol. The lowest BCUT2D eigenvalue weighted by Crippen LogP contribution is -2.54. The van der Waals surface area contributed by atoms with E-state index >= 15 is 0 Å². The molecular weight excluding hydrogens is 479 g/mol. The van der Waals surface area contributed by atoms with Crippen molar-refractivity contribution < 1.29 is 23.9 Å². The van der Waals surface area contributed by atoms with E-state index in [1.54, 1.807) is 37.1 Å². The van der Waals surface area contributed by atoms with Gasteiger partial charge in [0.05, 0.1) is 13.2 Å². The molecule has 34 heavy (non-hydrogen) atoms. The first-order chi connectivity index (χ1) is 16.3. The Morgan fingerprint density at radius 2 is 2.09 bits per heavy atom. The number of amides is 2. The van der Waals surface area contributed by atoms with Gasteiger partial charge in [-0.05, 0) is 56.7 Å². The standard InChI is InChI=1S/C25H32Cl2N2O5/c1-3-34-24(32)25-10-5-4-7-21(25)29(16-17-8-9-19(26)14-20(17)27)23(31)18(15-25)13-22(30)28-11-6-12-33-2/h7-9,14,18H,3-6,10-13,15-16H2,1-2H3,(H,28,30)/t18-,25+/m1/s1. The van der Waals surface area contributed by atoms with Gasteiger partial charge >= 0.3 is 5.97 Å². The molecule has 1 N–H and O–H groups in total. The van der Waals surface area contributed by atoms with Gasteiger partial charge in [-0.3, -0.25) is 14.4 Å². The number of carbonyl (C=O) groups excluding carboxylic acids is 3. The number of esters is 1. The quantitative estimate of drug-likeness (QED) is 0.369. The van der Waals surface area contributed by atoms with Crippen LogP contribution in [0.25, 0.3) is 0 Å². The second-order valence-electron chi connectivity index (χ2n) is 8.75. The van der Waals surface area contributed by atoms with Crippen molar-refractivity contribution in [1.29, 1.82) is 0 Å². The number of allylic oxidation sites excluding steroid dienone is 1. The molecule has 0 saturated carbocycles. The second kappa shape index (κ2) is 12.0. The van der Waals surface area contributed by atoms with Gasteiger partial charge in [0, 0.05) is 48.3 Å². The molecule has 0 unspecified atom stereocenters. The van der Waals surface area contributed by atoms with Crippen molar-refractivity contribution in [2.75, 3.05) is 26.9 Å². The molecule has 2 atom stereocenters. The lowest BCUT2D eigenvalue weighted by atomic mass is 9.66. The normalized spacial score (nSPS) is 22.1. The number of hydrogen-bond acceptors (Lipinski definition) is 5. The van der Waals surface area contributed by atoms with Crippen LogP contribution < -0.4 is 5.32 Å². The Hall–Kier alpha value is -2.09. The van der Waals surface area contributed by atoms with Crippen LogP contribution >= 0.6 is 23.2 Å². The maximum Gasteiger partial charge on any atom is 0.318 e. The Kier molecular flexibility index (Phi) is 9.39. The van der Waals surface area contributed by atoms with Crippen LogP contribution in [0.3, 0.4) is 0 Å². The Bertz CT molecular complexity index is 951. The van der Waals surface area contributed by atoms with Gasteiger partial charge in [0.15, 0.2) is 0 Å². The first-order valence-corrected chi connectivity index (χ1v) is 12.5. The monoisotopic (exact) mass is 510 g/mol. The van der Waals surface area contributed by atoms with Crippen molar-refractivity contribution in [1.82, 2.24) is 10.2 Å². The summed E-state index contributed by atoms with van der Waals surface area (Å²) in [5.41, 5.74) is 0.417. The number of methoxy groups -OCH3 is 1. The van der Waals surface area contributed by atoms with Gasteiger partial charge in [-0.1, -0.05) is 35.3 Å². The third kappa shape index (κ3) is 5.93. The number of likely N-dealkylation sites (tertiary alicyclic amines) is 1. The molecule has 3 rings (SSSR count). The molecule has 186 valence electrons. The Balaban J connectivity index is 1.91. The predicted octanol–water partition coefficient (Wildman–Crippen LogP) is 4.50. The summed E-state index contributed by atoms with van der Waals surface area (Å²) >= 11 is 12.5. The van der Waals surface area contributed by atoms with Crippen molar-refractivity contribution in [2.24, 2.45) is 11.3 Å².